The Hall–Kier alpha value is -3.59. The number of esters is 1. The molecule has 1 aliphatic heterocycles. The second-order valence-electron chi connectivity index (χ2n) is 13.5. The molecule has 3 heterocycles. The maximum absolute atomic E-state index is 16.5. The third-order valence-corrected chi connectivity index (χ3v) is 10.3. The third kappa shape index (κ3) is 5.76. The standard InChI is InChI=1S/C31H38ClFN7O7P/c1-17(26(41)44-15-29(2,3)4)38-48(43,46-20-13-9-11-18-10-7-8-12-19(18)20)47-27-30(14-32)31(27,42)22(33)25(45-30)40-16-35-21-23(39(5)6)36-28(34)37-24(21)40/h7-13,16-17,22,25,27,42H,14-15H2,1-6H3,(H,38,43)(H2,34,36,37)/t17-,22+,25+,27?,30+,31+,48+/m0/s1. The van der Waals surface area contributed by atoms with E-state index in [9.17, 15) is 14.5 Å². The molecule has 7 atom stereocenters. The number of hydrogen-bond donors (Lipinski definition) is 3. The summed E-state index contributed by atoms with van der Waals surface area (Å²) < 4.78 is 55.9. The van der Waals surface area contributed by atoms with E-state index >= 15 is 4.39 Å². The first kappa shape index (κ1) is 34.3. The van der Waals surface area contributed by atoms with Crippen LogP contribution >= 0.6 is 19.3 Å². The second kappa shape index (κ2) is 12.1. The molecule has 1 aliphatic carbocycles. The van der Waals surface area contributed by atoms with Crippen LogP contribution in [0, 0.1) is 5.41 Å². The lowest BCUT2D eigenvalue weighted by molar-refractivity contribution is -0.148. The zero-order valence-corrected chi connectivity index (χ0v) is 28.9. The fourth-order valence-electron chi connectivity index (χ4n) is 5.82. The zero-order valence-electron chi connectivity index (χ0n) is 27.3. The van der Waals surface area contributed by atoms with Gasteiger partial charge in [-0.3, -0.25) is 13.9 Å². The quantitative estimate of drug-likeness (QED) is 0.114. The molecule has 2 aromatic heterocycles. The van der Waals surface area contributed by atoms with Gasteiger partial charge in [0.2, 0.25) is 5.95 Å². The lowest BCUT2D eigenvalue weighted by Crippen LogP contribution is -2.38. The van der Waals surface area contributed by atoms with E-state index in [2.05, 4.69) is 20.0 Å². The van der Waals surface area contributed by atoms with Gasteiger partial charge < -0.3 is 29.7 Å². The Morgan fingerprint density at radius 3 is 2.62 bits per heavy atom. The van der Waals surface area contributed by atoms with E-state index in [4.69, 9.17) is 35.9 Å². The number of rotatable bonds is 11. The number of imidazole rings is 1. The molecule has 14 nitrogen and oxygen atoms in total. The molecular weight excluding hydrogens is 668 g/mol. The van der Waals surface area contributed by atoms with Crippen molar-refractivity contribution in [2.45, 2.75) is 63.4 Å². The number of fused-ring (bicyclic) bond motifs is 3. The molecule has 1 saturated carbocycles. The third-order valence-electron chi connectivity index (χ3n) is 8.30. The van der Waals surface area contributed by atoms with Gasteiger partial charge >= 0.3 is 13.7 Å². The first-order valence-corrected chi connectivity index (χ1v) is 17.3. The number of anilines is 2. The van der Waals surface area contributed by atoms with E-state index in [1.54, 1.807) is 43.3 Å². The number of halogens is 2. The Morgan fingerprint density at radius 1 is 1.25 bits per heavy atom. The lowest BCUT2D eigenvalue weighted by atomic mass is 9.99. The maximum Gasteiger partial charge on any atom is 0.459 e. The number of nitrogens with zero attached hydrogens (tertiary/aromatic N) is 5. The number of aliphatic hydroxyl groups is 1. The fourth-order valence-corrected chi connectivity index (χ4v) is 8.00. The Morgan fingerprint density at radius 2 is 1.96 bits per heavy atom. The van der Waals surface area contributed by atoms with Gasteiger partial charge in [-0.05, 0) is 23.8 Å². The minimum absolute atomic E-state index is 0.0776. The van der Waals surface area contributed by atoms with Crippen molar-refractivity contribution in [1.29, 1.82) is 0 Å². The van der Waals surface area contributed by atoms with Crippen LogP contribution in [-0.4, -0.2) is 86.7 Å². The molecule has 2 fully saturated rings. The van der Waals surface area contributed by atoms with Crippen LogP contribution in [-0.2, 0) is 23.4 Å². The maximum atomic E-state index is 16.5. The highest BCUT2D eigenvalue weighted by molar-refractivity contribution is 7.52. The number of ether oxygens (including phenoxy) is 2. The zero-order chi connectivity index (χ0) is 34.8. The van der Waals surface area contributed by atoms with E-state index in [0.29, 0.717) is 16.7 Å². The van der Waals surface area contributed by atoms with Gasteiger partial charge in [-0.1, -0.05) is 57.2 Å². The van der Waals surface area contributed by atoms with E-state index in [0.717, 1.165) is 5.39 Å². The van der Waals surface area contributed by atoms with Gasteiger partial charge in [0.05, 0.1) is 18.8 Å². The number of carbonyl (C=O) groups excluding carboxylic acids is 1. The van der Waals surface area contributed by atoms with Gasteiger partial charge in [0, 0.05) is 19.5 Å². The van der Waals surface area contributed by atoms with E-state index in [1.807, 2.05) is 39.0 Å². The fraction of sp³-hybridized carbons (Fsp3) is 0.484. The number of nitrogens with two attached hydrogens (primary N) is 1. The molecule has 6 rings (SSSR count). The second-order valence-corrected chi connectivity index (χ2v) is 15.4. The summed E-state index contributed by atoms with van der Waals surface area (Å²) in [4.78, 5) is 27.4. The predicted molar refractivity (Wildman–Crippen MR) is 178 cm³/mol. The highest BCUT2D eigenvalue weighted by Crippen LogP contribution is 2.69. The number of nitrogens with one attached hydrogen (secondary N) is 1. The largest absolute Gasteiger partial charge is 0.464 e. The number of nitrogen functional groups attached to an aromatic ring is 1. The van der Waals surface area contributed by atoms with Gasteiger partial charge in [-0.15, -0.1) is 11.6 Å². The monoisotopic (exact) mass is 705 g/mol. The van der Waals surface area contributed by atoms with Crippen molar-refractivity contribution in [2.75, 3.05) is 37.2 Å². The van der Waals surface area contributed by atoms with Gasteiger partial charge in [0.25, 0.3) is 0 Å². The smallest absolute Gasteiger partial charge is 0.459 e. The Bertz CT molecular complexity index is 1920. The summed E-state index contributed by atoms with van der Waals surface area (Å²) in [6.07, 6.45) is -3.90. The average Bonchev–Trinajstić information content (AvgIpc) is 3.25. The van der Waals surface area contributed by atoms with Crippen LogP contribution in [0.2, 0.25) is 0 Å². The van der Waals surface area contributed by atoms with Crippen LogP contribution in [0.15, 0.2) is 48.8 Å². The molecule has 0 radical (unpaired) electrons. The van der Waals surface area contributed by atoms with E-state index in [1.165, 1.54) is 17.8 Å². The Balaban J connectivity index is 1.31. The molecule has 1 saturated heterocycles. The average molecular weight is 706 g/mol. The summed E-state index contributed by atoms with van der Waals surface area (Å²) >= 11 is 6.35. The molecule has 0 amide bonds. The van der Waals surface area contributed by atoms with Crippen molar-refractivity contribution >= 4 is 59.0 Å². The van der Waals surface area contributed by atoms with Crippen molar-refractivity contribution in [3.8, 4) is 5.75 Å². The van der Waals surface area contributed by atoms with Gasteiger partial charge in [-0.25, -0.2) is 13.9 Å². The van der Waals surface area contributed by atoms with E-state index < -0.39 is 55.3 Å². The summed E-state index contributed by atoms with van der Waals surface area (Å²) in [7, 11) is -1.13. The molecule has 17 heteroatoms. The molecule has 258 valence electrons. The number of carbonyl (C=O) groups is 1. The van der Waals surface area contributed by atoms with Crippen LogP contribution in [0.1, 0.15) is 33.9 Å². The van der Waals surface area contributed by atoms with Crippen molar-refractivity contribution in [3.63, 3.8) is 0 Å². The Kier molecular flexibility index (Phi) is 8.62. The van der Waals surface area contributed by atoms with Crippen molar-refractivity contribution in [2.24, 2.45) is 5.41 Å². The van der Waals surface area contributed by atoms with Crippen LogP contribution in [0.5, 0.6) is 5.75 Å². The predicted octanol–water partition coefficient (Wildman–Crippen LogP) is 4.36. The van der Waals surface area contributed by atoms with Gasteiger partial charge in [-0.2, -0.15) is 15.1 Å². The van der Waals surface area contributed by atoms with Crippen LogP contribution in [0.3, 0.4) is 0 Å². The molecule has 4 aromatic rings. The molecule has 0 bridgehead atoms. The Labute approximate surface area is 281 Å². The van der Waals surface area contributed by atoms with Crippen molar-refractivity contribution < 1.29 is 37.4 Å². The first-order chi connectivity index (χ1) is 22.5. The number of hydrogen-bond acceptors (Lipinski definition) is 12. The number of benzene rings is 2. The molecule has 1 unspecified atom stereocenters. The molecule has 48 heavy (non-hydrogen) atoms. The lowest BCUT2D eigenvalue weighted by Gasteiger charge is -2.28. The van der Waals surface area contributed by atoms with Crippen LogP contribution in [0.4, 0.5) is 16.2 Å². The van der Waals surface area contributed by atoms with Crippen molar-refractivity contribution in [3.05, 3.63) is 48.8 Å². The van der Waals surface area contributed by atoms with Gasteiger partial charge in [0.15, 0.2) is 35.0 Å². The number of alkyl halides is 2. The topological polar surface area (TPSA) is 176 Å². The van der Waals surface area contributed by atoms with E-state index in [-0.39, 0.29) is 29.4 Å². The number of aromatic nitrogens is 4. The van der Waals surface area contributed by atoms with Crippen molar-refractivity contribution in [1.82, 2.24) is 24.6 Å². The minimum Gasteiger partial charge on any atom is -0.464 e. The molecule has 0 spiro atoms. The molecular formula is C31H38ClFN7O7P. The first-order valence-electron chi connectivity index (χ1n) is 15.2. The van der Waals surface area contributed by atoms with Crippen LogP contribution in [0.25, 0.3) is 21.9 Å². The summed E-state index contributed by atoms with van der Waals surface area (Å²) in [5.74, 6) is -0.691. The van der Waals surface area contributed by atoms with Gasteiger partial charge in [0.1, 0.15) is 23.5 Å². The summed E-state index contributed by atoms with van der Waals surface area (Å²) in [6.45, 7) is 7.20. The summed E-state index contributed by atoms with van der Waals surface area (Å²) in [5, 5.41) is 15.8. The molecule has 4 N–H and O–H groups in total. The normalized spacial score (nSPS) is 27.0. The molecule has 2 aliphatic rings. The minimum atomic E-state index is -4.61. The van der Waals surface area contributed by atoms with Crippen LogP contribution < -0.4 is 20.2 Å². The summed E-state index contributed by atoms with van der Waals surface area (Å²) in [5.41, 5.74) is 1.85. The highest BCUT2D eigenvalue weighted by atomic mass is 35.5. The summed E-state index contributed by atoms with van der Waals surface area (Å²) in [6, 6.07) is 11.1. The SMILES string of the molecule is C[C@H](N[P@@](=O)(Oc1cccc2ccccc12)OC1[C@@]2(CCl)O[C@@H](n3cnc4c(N(C)C)nc(N)nc43)[C@@H](F)[C@@]12O)C(=O)OCC(C)(C)C. The molecule has 2 aromatic carbocycles. The highest BCUT2D eigenvalue weighted by Gasteiger charge is 2.90.